The molecule has 5 heteroatoms. The van der Waals surface area contributed by atoms with Crippen LogP contribution >= 0.6 is 0 Å². The van der Waals surface area contributed by atoms with Crippen molar-refractivity contribution in [3.8, 4) is 0 Å². The highest BCUT2D eigenvalue weighted by molar-refractivity contribution is 5.91. The minimum Gasteiger partial charge on any atom is -1.00 e. The summed E-state index contributed by atoms with van der Waals surface area (Å²) < 4.78 is 2.60. The molecule has 0 saturated heterocycles. The van der Waals surface area contributed by atoms with Crippen molar-refractivity contribution >= 4 is 11.7 Å². The highest BCUT2D eigenvalue weighted by Crippen LogP contribution is 2.47. The molecule has 1 amide bonds. The zero-order valence-electron chi connectivity index (χ0n) is 20.1. The van der Waals surface area contributed by atoms with Crippen molar-refractivity contribution in [2.45, 2.75) is 63.8 Å². The second-order valence-electron chi connectivity index (χ2n) is 9.50. The number of hydrogen-bond donors (Lipinski definition) is 1. The SMILES string of the molecule is CCCCCN1CC[N+]([C@H]2CC[C@@H](C(C(N)=O)(c3ccccc3)c3ccccc3)C2)=C1C.[Br-]. The van der Waals surface area contributed by atoms with Gasteiger partial charge >= 0.3 is 0 Å². The van der Waals surface area contributed by atoms with Crippen LogP contribution in [0.25, 0.3) is 0 Å². The largest absolute Gasteiger partial charge is 1.00 e. The third kappa shape index (κ3) is 4.89. The van der Waals surface area contributed by atoms with Crippen LogP contribution in [0, 0.1) is 5.92 Å². The van der Waals surface area contributed by atoms with E-state index < -0.39 is 5.41 Å². The number of rotatable bonds is 9. The van der Waals surface area contributed by atoms with Gasteiger partial charge in [-0.1, -0.05) is 74.0 Å². The molecule has 1 aliphatic carbocycles. The minimum absolute atomic E-state index is 0. The number of halogens is 1. The second kappa shape index (κ2) is 11.3. The van der Waals surface area contributed by atoms with Gasteiger partial charge in [0.15, 0.2) is 0 Å². The molecule has 2 atom stereocenters. The zero-order valence-corrected chi connectivity index (χ0v) is 21.6. The van der Waals surface area contributed by atoms with Gasteiger partial charge in [-0.2, -0.15) is 0 Å². The van der Waals surface area contributed by atoms with Crippen LogP contribution in [0.2, 0.25) is 0 Å². The van der Waals surface area contributed by atoms with E-state index in [2.05, 4.69) is 47.6 Å². The Labute approximate surface area is 209 Å². The number of hydrogen-bond acceptors (Lipinski definition) is 2. The van der Waals surface area contributed by atoms with E-state index in [0.717, 1.165) is 50.0 Å². The molecule has 0 radical (unpaired) electrons. The van der Waals surface area contributed by atoms with Crippen LogP contribution in [0.15, 0.2) is 60.7 Å². The van der Waals surface area contributed by atoms with Crippen LogP contribution in [-0.2, 0) is 10.2 Å². The number of unbranched alkanes of at least 4 members (excludes halogenated alkanes) is 2. The molecule has 2 aliphatic rings. The summed E-state index contributed by atoms with van der Waals surface area (Å²) in [6.45, 7) is 7.91. The summed E-state index contributed by atoms with van der Waals surface area (Å²) in [6.07, 6.45) is 6.94. The first-order valence-corrected chi connectivity index (χ1v) is 12.3. The van der Waals surface area contributed by atoms with Crippen LogP contribution in [0.4, 0.5) is 0 Å². The summed E-state index contributed by atoms with van der Waals surface area (Å²) in [5, 5.41) is 0. The molecule has 1 heterocycles. The number of benzene rings is 2. The van der Waals surface area contributed by atoms with Crippen LogP contribution in [0.1, 0.15) is 63.5 Å². The second-order valence-corrected chi connectivity index (χ2v) is 9.50. The molecule has 1 fully saturated rings. The molecular weight excluding hydrogens is 474 g/mol. The molecule has 0 aromatic heterocycles. The van der Waals surface area contributed by atoms with E-state index in [-0.39, 0.29) is 28.8 Å². The summed E-state index contributed by atoms with van der Waals surface area (Å²) >= 11 is 0. The van der Waals surface area contributed by atoms with Gasteiger partial charge in [-0.25, -0.2) is 0 Å². The third-order valence-electron chi connectivity index (χ3n) is 7.82. The van der Waals surface area contributed by atoms with E-state index in [4.69, 9.17) is 5.73 Å². The molecule has 4 nitrogen and oxygen atoms in total. The summed E-state index contributed by atoms with van der Waals surface area (Å²) in [4.78, 5) is 15.8. The fraction of sp³-hybridized carbons (Fsp3) is 0.500. The van der Waals surface area contributed by atoms with E-state index in [9.17, 15) is 4.79 Å². The van der Waals surface area contributed by atoms with Gasteiger partial charge in [0, 0.05) is 6.92 Å². The predicted octanol–water partition coefficient (Wildman–Crippen LogP) is 1.57. The Bertz CT molecular complexity index is 905. The summed E-state index contributed by atoms with van der Waals surface area (Å²) in [7, 11) is 0. The van der Waals surface area contributed by atoms with E-state index >= 15 is 0 Å². The van der Waals surface area contributed by atoms with Crippen molar-refractivity contribution in [3.05, 3.63) is 71.8 Å². The Morgan fingerprint density at radius 3 is 2.18 bits per heavy atom. The Hall–Kier alpha value is -2.14. The minimum atomic E-state index is -0.786. The number of carbonyl (C=O) groups excluding carboxylic acids is 1. The van der Waals surface area contributed by atoms with E-state index in [1.807, 2.05) is 36.4 Å². The van der Waals surface area contributed by atoms with Crippen molar-refractivity contribution < 1.29 is 26.4 Å². The Balaban J connectivity index is 0.00000306. The number of nitrogens with two attached hydrogens (primary N) is 1. The van der Waals surface area contributed by atoms with Crippen LogP contribution in [0.5, 0.6) is 0 Å². The zero-order chi connectivity index (χ0) is 22.6. The molecule has 33 heavy (non-hydrogen) atoms. The van der Waals surface area contributed by atoms with Gasteiger partial charge < -0.3 is 22.7 Å². The normalized spacial score (nSPS) is 20.7. The lowest BCUT2D eigenvalue weighted by atomic mass is 9.64. The molecule has 2 N–H and O–H groups in total. The third-order valence-corrected chi connectivity index (χ3v) is 7.82. The number of carbonyl (C=O) groups is 1. The summed E-state index contributed by atoms with van der Waals surface area (Å²) in [5.74, 6) is 1.37. The smallest absolute Gasteiger partial charge is 0.244 e. The molecule has 4 rings (SSSR count). The molecule has 1 aliphatic heterocycles. The van der Waals surface area contributed by atoms with Crippen LogP contribution in [-0.4, -0.2) is 46.9 Å². The topological polar surface area (TPSA) is 49.3 Å². The number of nitrogens with zero attached hydrogens (tertiary/aromatic N) is 2. The fourth-order valence-corrected chi connectivity index (χ4v) is 6.17. The first-order chi connectivity index (χ1) is 15.6. The number of amides is 1. The van der Waals surface area contributed by atoms with E-state index in [1.54, 1.807) is 0 Å². The van der Waals surface area contributed by atoms with Crippen molar-refractivity contribution in [1.82, 2.24) is 4.90 Å². The van der Waals surface area contributed by atoms with Gasteiger partial charge in [0.05, 0.1) is 12.6 Å². The molecular formula is C28H38BrN3O. The Morgan fingerprint density at radius 1 is 1.03 bits per heavy atom. The molecule has 2 aromatic rings. The van der Waals surface area contributed by atoms with Gasteiger partial charge in [0.25, 0.3) is 0 Å². The maximum absolute atomic E-state index is 13.3. The monoisotopic (exact) mass is 511 g/mol. The molecule has 0 bridgehead atoms. The molecule has 0 unspecified atom stereocenters. The van der Waals surface area contributed by atoms with Crippen LogP contribution in [0.3, 0.4) is 0 Å². The predicted molar refractivity (Wildman–Crippen MR) is 131 cm³/mol. The Kier molecular flexibility index (Phi) is 8.75. The van der Waals surface area contributed by atoms with Crippen molar-refractivity contribution in [3.63, 3.8) is 0 Å². The number of amidine groups is 1. The van der Waals surface area contributed by atoms with Gasteiger partial charge in [-0.05, 0) is 49.1 Å². The number of primary amides is 1. The molecule has 2 aromatic carbocycles. The average molecular weight is 513 g/mol. The first kappa shape index (κ1) is 25.5. The lowest BCUT2D eigenvalue weighted by molar-refractivity contribution is -0.556. The van der Waals surface area contributed by atoms with E-state index in [0.29, 0.717) is 6.04 Å². The summed E-state index contributed by atoms with van der Waals surface area (Å²) in [6, 6.07) is 20.9. The Morgan fingerprint density at radius 2 is 1.64 bits per heavy atom. The molecule has 0 spiro atoms. The lowest BCUT2D eigenvalue weighted by Gasteiger charge is -2.37. The van der Waals surface area contributed by atoms with Crippen LogP contribution < -0.4 is 22.7 Å². The maximum Gasteiger partial charge on any atom is 0.244 e. The van der Waals surface area contributed by atoms with Crippen molar-refractivity contribution in [2.75, 3.05) is 19.6 Å². The van der Waals surface area contributed by atoms with Gasteiger partial charge in [0.2, 0.25) is 11.7 Å². The summed E-state index contributed by atoms with van der Waals surface area (Å²) in [5.41, 5.74) is 7.52. The van der Waals surface area contributed by atoms with Gasteiger partial charge in [-0.15, -0.1) is 0 Å². The fourth-order valence-electron chi connectivity index (χ4n) is 6.17. The highest BCUT2D eigenvalue weighted by Gasteiger charge is 2.51. The van der Waals surface area contributed by atoms with E-state index in [1.165, 1.54) is 25.1 Å². The van der Waals surface area contributed by atoms with Gasteiger partial charge in [0.1, 0.15) is 18.5 Å². The average Bonchev–Trinajstić information content (AvgIpc) is 3.43. The highest BCUT2D eigenvalue weighted by atomic mass is 79.9. The first-order valence-electron chi connectivity index (χ1n) is 12.3. The quantitative estimate of drug-likeness (QED) is 0.410. The van der Waals surface area contributed by atoms with Crippen molar-refractivity contribution in [2.24, 2.45) is 11.7 Å². The standard InChI is InChI=1S/C28H37N3O.BrH/c1-3-4-11-18-30-19-20-31(22(30)2)26-17-16-25(21-26)28(27(29)32,23-12-7-5-8-13-23)24-14-9-6-10-15-24;/h5-10,12-15,25-26H,3-4,11,16-21H2,1-2H3,(H-,29,32);1H/t25-,26+;/m1./s1. The maximum atomic E-state index is 13.3. The van der Waals surface area contributed by atoms with Gasteiger partial charge in [-0.3, -0.25) is 14.3 Å². The lowest BCUT2D eigenvalue weighted by Crippen LogP contribution is -3.00. The molecule has 1 saturated carbocycles. The molecule has 178 valence electrons. The van der Waals surface area contributed by atoms with Crippen molar-refractivity contribution in [1.29, 1.82) is 0 Å².